The third-order valence-electron chi connectivity index (χ3n) is 2.56. The lowest BCUT2D eigenvalue weighted by molar-refractivity contribution is -0.169. The summed E-state index contributed by atoms with van der Waals surface area (Å²) in [5, 5.41) is 13.2. The molecular formula is C9H18N2O2. The first-order valence-electron chi connectivity index (χ1n) is 4.88. The summed E-state index contributed by atoms with van der Waals surface area (Å²) in [6.45, 7) is 4.93. The minimum absolute atomic E-state index is 0.0406. The predicted molar refractivity (Wildman–Crippen MR) is 49.4 cm³/mol. The molecule has 2 atom stereocenters. The number of amides is 1. The van der Waals surface area contributed by atoms with E-state index in [-0.39, 0.29) is 11.8 Å². The van der Waals surface area contributed by atoms with Crippen LogP contribution in [0.5, 0.6) is 0 Å². The second-order valence-electron chi connectivity index (χ2n) is 3.64. The quantitative estimate of drug-likeness (QED) is 0.491. The second kappa shape index (κ2) is 4.58. The van der Waals surface area contributed by atoms with Crippen molar-refractivity contribution in [3.63, 3.8) is 0 Å². The monoisotopic (exact) mass is 186 g/mol. The van der Waals surface area contributed by atoms with Crippen LogP contribution in [0.2, 0.25) is 0 Å². The number of nitrogens with zero attached hydrogens (tertiary/aromatic N) is 1. The van der Waals surface area contributed by atoms with Gasteiger partial charge in [0.25, 0.3) is 0 Å². The molecule has 76 valence electrons. The molecule has 0 aromatic carbocycles. The van der Waals surface area contributed by atoms with Crippen LogP contribution in [0, 0.1) is 5.92 Å². The zero-order chi connectivity index (χ0) is 9.84. The fourth-order valence-corrected chi connectivity index (χ4v) is 1.58. The molecule has 0 bridgehead atoms. The predicted octanol–water partition coefficient (Wildman–Crippen LogP) is 0.612. The van der Waals surface area contributed by atoms with E-state index in [4.69, 9.17) is 0 Å². The van der Waals surface area contributed by atoms with E-state index in [0.717, 1.165) is 17.9 Å². The normalized spacial score (nSPS) is 28.5. The SMILES string of the molecule is CCN(O)C(=O)C1CCC(C)NC1. The summed E-state index contributed by atoms with van der Waals surface area (Å²) in [5.41, 5.74) is 0. The number of carbonyl (C=O) groups is 1. The molecule has 2 N–H and O–H groups in total. The van der Waals surface area contributed by atoms with E-state index in [1.807, 2.05) is 0 Å². The molecular weight excluding hydrogens is 168 g/mol. The van der Waals surface area contributed by atoms with Crippen molar-refractivity contribution in [1.29, 1.82) is 0 Å². The molecule has 1 amide bonds. The molecule has 0 saturated carbocycles. The van der Waals surface area contributed by atoms with Crippen molar-refractivity contribution in [2.24, 2.45) is 5.92 Å². The fourth-order valence-electron chi connectivity index (χ4n) is 1.58. The van der Waals surface area contributed by atoms with Crippen molar-refractivity contribution in [3.05, 3.63) is 0 Å². The summed E-state index contributed by atoms with van der Waals surface area (Å²) >= 11 is 0. The number of hydrogen-bond acceptors (Lipinski definition) is 3. The van der Waals surface area contributed by atoms with Crippen LogP contribution in [0.3, 0.4) is 0 Å². The molecule has 13 heavy (non-hydrogen) atoms. The number of hydrogen-bond donors (Lipinski definition) is 2. The summed E-state index contributed by atoms with van der Waals surface area (Å²) < 4.78 is 0. The van der Waals surface area contributed by atoms with Crippen LogP contribution in [0.25, 0.3) is 0 Å². The van der Waals surface area contributed by atoms with Gasteiger partial charge in [0.15, 0.2) is 0 Å². The molecule has 0 spiro atoms. The van der Waals surface area contributed by atoms with Gasteiger partial charge in [-0.3, -0.25) is 10.0 Å². The lowest BCUT2D eigenvalue weighted by Crippen LogP contribution is -2.44. The van der Waals surface area contributed by atoms with Crippen LogP contribution < -0.4 is 5.32 Å². The van der Waals surface area contributed by atoms with Gasteiger partial charge in [-0.1, -0.05) is 0 Å². The maximum absolute atomic E-state index is 11.5. The highest BCUT2D eigenvalue weighted by atomic mass is 16.5. The van der Waals surface area contributed by atoms with Crippen LogP contribution in [0.15, 0.2) is 0 Å². The summed E-state index contributed by atoms with van der Waals surface area (Å²) in [4.78, 5) is 11.5. The Morgan fingerprint density at radius 2 is 2.31 bits per heavy atom. The fraction of sp³-hybridized carbons (Fsp3) is 0.889. The minimum atomic E-state index is -0.151. The van der Waals surface area contributed by atoms with Gasteiger partial charge in [0, 0.05) is 19.1 Å². The number of piperidine rings is 1. The smallest absolute Gasteiger partial charge is 0.250 e. The van der Waals surface area contributed by atoms with Gasteiger partial charge in [-0.05, 0) is 26.7 Å². The van der Waals surface area contributed by atoms with Crippen molar-refractivity contribution in [2.45, 2.75) is 32.7 Å². The molecule has 1 saturated heterocycles. The summed E-state index contributed by atoms with van der Waals surface area (Å²) in [6, 6.07) is 0.498. The van der Waals surface area contributed by atoms with E-state index >= 15 is 0 Å². The number of carbonyl (C=O) groups excluding carboxylic acids is 1. The zero-order valence-corrected chi connectivity index (χ0v) is 8.29. The lowest BCUT2D eigenvalue weighted by Gasteiger charge is -2.28. The molecule has 0 radical (unpaired) electrons. The van der Waals surface area contributed by atoms with Crippen molar-refractivity contribution < 1.29 is 10.0 Å². The Kier molecular flexibility index (Phi) is 3.69. The second-order valence-corrected chi connectivity index (χ2v) is 3.64. The van der Waals surface area contributed by atoms with Crippen molar-refractivity contribution in [2.75, 3.05) is 13.1 Å². The summed E-state index contributed by atoms with van der Waals surface area (Å²) in [6.07, 6.45) is 1.89. The molecule has 4 heteroatoms. The van der Waals surface area contributed by atoms with Gasteiger partial charge in [0.2, 0.25) is 5.91 Å². The van der Waals surface area contributed by atoms with Gasteiger partial charge in [0.1, 0.15) is 0 Å². The van der Waals surface area contributed by atoms with Gasteiger partial charge in [-0.25, -0.2) is 5.06 Å². The molecule has 0 aliphatic carbocycles. The van der Waals surface area contributed by atoms with E-state index in [2.05, 4.69) is 12.2 Å². The van der Waals surface area contributed by atoms with Crippen LogP contribution >= 0.6 is 0 Å². The topological polar surface area (TPSA) is 52.6 Å². The highest BCUT2D eigenvalue weighted by Crippen LogP contribution is 2.15. The highest BCUT2D eigenvalue weighted by molar-refractivity contribution is 5.77. The third kappa shape index (κ3) is 2.67. The first-order chi connectivity index (χ1) is 6.15. The average Bonchev–Trinajstić information content (AvgIpc) is 2.17. The summed E-state index contributed by atoms with van der Waals surface area (Å²) in [5.74, 6) is -0.192. The maximum atomic E-state index is 11.5. The zero-order valence-electron chi connectivity index (χ0n) is 8.29. The number of hydroxylamine groups is 2. The Morgan fingerprint density at radius 1 is 1.62 bits per heavy atom. The van der Waals surface area contributed by atoms with Crippen LogP contribution in [0.4, 0.5) is 0 Å². The van der Waals surface area contributed by atoms with Crippen molar-refractivity contribution >= 4 is 5.91 Å². The van der Waals surface area contributed by atoms with Crippen LogP contribution in [0.1, 0.15) is 26.7 Å². The van der Waals surface area contributed by atoms with E-state index in [1.165, 1.54) is 0 Å². The first-order valence-corrected chi connectivity index (χ1v) is 4.88. The highest BCUT2D eigenvalue weighted by Gasteiger charge is 2.26. The van der Waals surface area contributed by atoms with Gasteiger partial charge in [-0.15, -0.1) is 0 Å². The number of nitrogens with one attached hydrogen (secondary N) is 1. The largest absolute Gasteiger partial charge is 0.313 e. The maximum Gasteiger partial charge on any atom is 0.250 e. The Hall–Kier alpha value is -0.610. The van der Waals surface area contributed by atoms with Crippen LogP contribution in [-0.2, 0) is 4.79 Å². The van der Waals surface area contributed by atoms with Crippen molar-refractivity contribution in [1.82, 2.24) is 10.4 Å². The number of rotatable bonds is 2. The molecule has 0 aromatic heterocycles. The molecule has 1 aliphatic rings. The van der Waals surface area contributed by atoms with Gasteiger partial charge < -0.3 is 5.32 Å². The summed E-state index contributed by atoms with van der Waals surface area (Å²) in [7, 11) is 0. The third-order valence-corrected chi connectivity index (χ3v) is 2.56. The van der Waals surface area contributed by atoms with E-state index < -0.39 is 0 Å². The average molecular weight is 186 g/mol. The molecule has 4 nitrogen and oxygen atoms in total. The van der Waals surface area contributed by atoms with E-state index in [9.17, 15) is 10.0 Å². The Morgan fingerprint density at radius 3 is 2.77 bits per heavy atom. The minimum Gasteiger partial charge on any atom is -0.313 e. The van der Waals surface area contributed by atoms with Gasteiger partial charge >= 0.3 is 0 Å². The van der Waals surface area contributed by atoms with Gasteiger partial charge in [0.05, 0.1) is 5.92 Å². The van der Waals surface area contributed by atoms with Crippen LogP contribution in [-0.4, -0.2) is 35.3 Å². The Labute approximate surface area is 78.9 Å². The van der Waals surface area contributed by atoms with E-state index in [0.29, 0.717) is 19.1 Å². The standard InChI is InChI=1S/C9H18N2O2/c1-3-11(13)9(12)8-5-4-7(2)10-6-8/h7-8,10,13H,3-6H2,1-2H3. The van der Waals surface area contributed by atoms with E-state index in [1.54, 1.807) is 6.92 Å². The van der Waals surface area contributed by atoms with Crippen molar-refractivity contribution in [3.8, 4) is 0 Å². The molecule has 1 fully saturated rings. The molecule has 1 aliphatic heterocycles. The lowest BCUT2D eigenvalue weighted by atomic mass is 9.95. The molecule has 0 aromatic rings. The van der Waals surface area contributed by atoms with Gasteiger partial charge in [-0.2, -0.15) is 0 Å². The first kappa shape index (κ1) is 10.5. The molecule has 1 rings (SSSR count). The molecule has 2 unspecified atom stereocenters. The molecule has 1 heterocycles. The Bertz CT molecular complexity index is 176. The Balaban J connectivity index is 2.40.